The molecule has 0 aliphatic rings. The maximum atomic E-state index is 14.4. The lowest BCUT2D eigenvalue weighted by Gasteiger charge is -2.14. The van der Waals surface area contributed by atoms with Gasteiger partial charge < -0.3 is 10.6 Å². The van der Waals surface area contributed by atoms with Crippen LogP contribution in [0.15, 0.2) is 72.8 Å². The van der Waals surface area contributed by atoms with E-state index in [9.17, 15) is 4.39 Å². The second kappa shape index (κ2) is 7.43. The Morgan fingerprint density at radius 2 is 1.56 bits per heavy atom. The number of para-hydroxylation sites is 2. The van der Waals surface area contributed by atoms with Crippen LogP contribution in [-0.2, 0) is 0 Å². The van der Waals surface area contributed by atoms with Crippen LogP contribution in [0.25, 0.3) is 10.9 Å². The Hall–Kier alpha value is -2.82. The van der Waals surface area contributed by atoms with E-state index in [2.05, 4.69) is 15.6 Å². The van der Waals surface area contributed by atoms with Gasteiger partial charge >= 0.3 is 0 Å². The normalized spacial score (nSPS) is 10.8. The lowest BCUT2D eigenvalue weighted by molar-refractivity contribution is 0.637. The summed E-state index contributed by atoms with van der Waals surface area (Å²) in [7, 11) is 0. The highest BCUT2D eigenvalue weighted by Crippen LogP contribution is 2.32. The van der Waals surface area contributed by atoms with Gasteiger partial charge in [-0.2, -0.15) is 0 Å². The smallest absolute Gasteiger partial charge is 0.149 e. The zero-order valence-corrected chi connectivity index (χ0v) is 15.5. The zero-order valence-electron chi connectivity index (χ0n) is 14.0. The van der Waals surface area contributed by atoms with Gasteiger partial charge in [0.25, 0.3) is 0 Å². The molecule has 2 N–H and O–H groups in total. The van der Waals surface area contributed by atoms with Gasteiger partial charge in [0.15, 0.2) is 0 Å². The molecule has 1 aromatic heterocycles. The summed E-state index contributed by atoms with van der Waals surface area (Å²) in [4.78, 5) is 4.43. The highest BCUT2D eigenvalue weighted by molar-refractivity contribution is 6.42. The van der Waals surface area contributed by atoms with Gasteiger partial charge in [-0.25, -0.2) is 9.37 Å². The summed E-state index contributed by atoms with van der Waals surface area (Å²) in [6.45, 7) is 0. The molecule has 0 saturated heterocycles. The van der Waals surface area contributed by atoms with Crippen LogP contribution in [0.3, 0.4) is 0 Å². The molecule has 0 amide bonds. The number of aromatic nitrogens is 1. The van der Waals surface area contributed by atoms with Gasteiger partial charge in [-0.1, -0.05) is 53.5 Å². The molecule has 0 fully saturated rings. The summed E-state index contributed by atoms with van der Waals surface area (Å²) in [6.07, 6.45) is 0. The monoisotopic (exact) mass is 397 g/mol. The molecule has 6 heteroatoms. The number of pyridine rings is 1. The Bertz CT molecular complexity index is 1120. The van der Waals surface area contributed by atoms with Gasteiger partial charge in [-0.05, 0) is 36.4 Å². The van der Waals surface area contributed by atoms with Crippen LogP contribution in [0.2, 0.25) is 10.0 Å². The lowest BCUT2D eigenvalue weighted by Crippen LogP contribution is -1.99. The van der Waals surface area contributed by atoms with Crippen molar-refractivity contribution in [3.8, 4) is 0 Å². The third-order valence-electron chi connectivity index (χ3n) is 4.04. The Morgan fingerprint density at radius 3 is 2.33 bits per heavy atom. The van der Waals surface area contributed by atoms with Gasteiger partial charge in [0.05, 0.1) is 15.7 Å². The topological polar surface area (TPSA) is 37.0 Å². The minimum absolute atomic E-state index is 0.279. The van der Waals surface area contributed by atoms with Crippen LogP contribution in [0.4, 0.5) is 27.3 Å². The molecule has 3 aromatic carbocycles. The lowest BCUT2D eigenvalue weighted by atomic mass is 10.1. The van der Waals surface area contributed by atoms with Gasteiger partial charge in [-0.3, -0.25) is 0 Å². The molecule has 27 heavy (non-hydrogen) atoms. The predicted molar refractivity (Wildman–Crippen MR) is 111 cm³/mol. The highest BCUT2D eigenvalue weighted by atomic mass is 35.5. The van der Waals surface area contributed by atoms with Crippen LogP contribution in [0.1, 0.15) is 0 Å². The molecule has 0 bridgehead atoms. The first kappa shape index (κ1) is 17.6. The van der Waals surface area contributed by atoms with E-state index in [1.807, 2.05) is 48.5 Å². The summed E-state index contributed by atoms with van der Waals surface area (Å²) >= 11 is 12.1. The third kappa shape index (κ3) is 3.82. The first-order chi connectivity index (χ1) is 13.1. The van der Waals surface area contributed by atoms with Gasteiger partial charge in [0.1, 0.15) is 17.2 Å². The van der Waals surface area contributed by atoms with E-state index in [1.165, 1.54) is 6.07 Å². The largest absolute Gasteiger partial charge is 0.355 e. The Morgan fingerprint density at radius 1 is 0.741 bits per heavy atom. The molecule has 3 nitrogen and oxygen atoms in total. The van der Waals surface area contributed by atoms with Crippen LogP contribution >= 0.6 is 23.2 Å². The number of rotatable bonds is 4. The Labute approximate surface area is 165 Å². The van der Waals surface area contributed by atoms with Crippen molar-refractivity contribution in [2.75, 3.05) is 10.6 Å². The van der Waals surface area contributed by atoms with Crippen LogP contribution < -0.4 is 10.6 Å². The summed E-state index contributed by atoms with van der Waals surface area (Å²) in [5.74, 6) is 0.141. The molecular weight excluding hydrogens is 384 g/mol. The molecule has 0 aliphatic carbocycles. The van der Waals surface area contributed by atoms with E-state index >= 15 is 0 Å². The van der Waals surface area contributed by atoms with Crippen molar-refractivity contribution >= 4 is 57.0 Å². The van der Waals surface area contributed by atoms with Gasteiger partial charge in [0.2, 0.25) is 0 Å². The molecule has 0 aliphatic heterocycles. The maximum Gasteiger partial charge on any atom is 0.149 e. The fourth-order valence-electron chi connectivity index (χ4n) is 2.78. The van der Waals surface area contributed by atoms with Crippen LogP contribution in [-0.4, -0.2) is 4.98 Å². The number of hydrogen-bond donors (Lipinski definition) is 2. The van der Waals surface area contributed by atoms with Crippen molar-refractivity contribution in [2.45, 2.75) is 0 Å². The first-order valence-electron chi connectivity index (χ1n) is 8.23. The van der Waals surface area contributed by atoms with Crippen molar-refractivity contribution in [3.63, 3.8) is 0 Å². The number of nitrogens with one attached hydrogen (secondary N) is 2. The van der Waals surface area contributed by atoms with Crippen molar-refractivity contribution in [2.24, 2.45) is 0 Å². The average Bonchev–Trinajstić information content (AvgIpc) is 2.66. The predicted octanol–water partition coefficient (Wildman–Crippen LogP) is 7.17. The third-order valence-corrected chi connectivity index (χ3v) is 4.77. The number of fused-ring (bicyclic) bond motifs is 1. The van der Waals surface area contributed by atoms with Gasteiger partial charge in [0, 0.05) is 22.8 Å². The zero-order chi connectivity index (χ0) is 18.8. The molecule has 0 radical (unpaired) electrons. The van der Waals surface area contributed by atoms with E-state index in [0.29, 0.717) is 26.9 Å². The summed E-state index contributed by atoms with van der Waals surface area (Å²) in [5, 5.41) is 8.06. The number of halogens is 3. The summed E-state index contributed by atoms with van der Waals surface area (Å²) in [5.41, 5.74) is 2.59. The van der Waals surface area contributed by atoms with Crippen LogP contribution in [0, 0.1) is 5.82 Å². The maximum absolute atomic E-state index is 14.4. The van der Waals surface area contributed by atoms with E-state index in [0.717, 1.165) is 11.4 Å². The highest BCUT2D eigenvalue weighted by Gasteiger charge is 2.11. The summed E-state index contributed by atoms with van der Waals surface area (Å²) < 4.78 is 14.4. The minimum atomic E-state index is -0.388. The van der Waals surface area contributed by atoms with Crippen LogP contribution in [0.5, 0.6) is 0 Å². The quantitative estimate of drug-likeness (QED) is 0.383. The van der Waals surface area contributed by atoms with Crippen molar-refractivity contribution in [3.05, 3.63) is 88.7 Å². The van der Waals surface area contributed by atoms with E-state index < -0.39 is 0 Å². The SMILES string of the molecule is Fc1cccc2c(Nc3ccc(Cl)c(Cl)c3)cc(Nc3ccccc3)nc12. The second-order valence-corrected chi connectivity index (χ2v) is 6.75. The van der Waals surface area contributed by atoms with Gasteiger partial charge in [-0.15, -0.1) is 0 Å². The molecule has 0 saturated carbocycles. The first-order valence-corrected chi connectivity index (χ1v) is 8.99. The molecular formula is C21H14Cl2FN3. The van der Waals surface area contributed by atoms with Crippen molar-refractivity contribution in [1.82, 2.24) is 4.98 Å². The molecule has 4 aromatic rings. The minimum Gasteiger partial charge on any atom is -0.355 e. The number of nitrogens with zero attached hydrogens (tertiary/aromatic N) is 1. The molecule has 4 rings (SSSR count). The second-order valence-electron chi connectivity index (χ2n) is 5.94. The fourth-order valence-corrected chi connectivity index (χ4v) is 3.08. The fraction of sp³-hybridized carbons (Fsp3) is 0. The Balaban J connectivity index is 1.79. The Kier molecular flexibility index (Phi) is 4.84. The summed E-state index contributed by atoms with van der Waals surface area (Å²) in [6, 6.07) is 21.5. The number of hydrogen-bond acceptors (Lipinski definition) is 3. The molecule has 0 unspecified atom stereocenters. The van der Waals surface area contributed by atoms with E-state index in [4.69, 9.17) is 23.2 Å². The molecule has 134 valence electrons. The molecule has 0 atom stereocenters. The standard InChI is InChI=1S/C21H14Cl2FN3/c22-16-10-9-14(11-17(16)23)25-19-12-20(26-13-5-2-1-3-6-13)27-21-15(19)7-4-8-18(21)24/h1-12H,(H2,25,26,27). The van der Waals surface area contributed by atoms with E-state index in [-0.39, 0.29) is 11.3 Å². The van der Waals surface area contributed by atoms with Crippen molar-refractivity contribution < 1.29 is 4.39 Å². The number of benzene rings is 3. The van der Waals surface area contributed by atoms with E-state index in [1.54, 1.807) is 18.2 Å². The molecule has 1 heterocycles. The average molecular weight is 398 g/mol. The number of anilines is 4. The van der Waals surface area contributed by atoms with Crippen molar-refractivity contribution in [1.29, 1.82) is 0 Å². The molecule has 0 spiro atoms.